The van der Waals surface area contributed by atoms with Gasteiger partial charge in [0.2, 0.25) is 0 Å². The van der Waals surface area contributed by atoms with Crippen LogP contribution in [-0.4, -0.2) is 18.5 Å². The van der Waals surface area contributed by atoms with Crippen LogP contribution in [0.25, 0.3) is 0 Å². The lowest BCUT2D eigenvalue weighted by molar-refractivity contribution is -0.156. The molecule has 0 N–H and O–H groups in total. The van der Waals surface area contributed by atoms with Crippen LogP contribution in [0.4, 0.5) is 0 Å². The first-order chi connectivity index (χ1) is 15.6. The van der Waals surface area contributed by atoms with Gasteiger partial charge in [-0.05, 0) is 30.7 Å². The quantitative estimate of drug-likeness (QED) is 0.130. The van der Waals surface area contributed by atoms with E-state index >= 15 is 0 Å². The number of para-hydroxylation sites is 1. The number of esters is 2. The molecule has 0 radical (unpaired) electrons. The van der Waals surface area contributed by atoms with Crippen molar-refractivity contribution in [3.05, 3.63) is 53.6 Å². The number of hydrogen-bond donors (Lipinski definition) is 0. The number of halogens is 1. The minimum Gasteiger partial charge on any atom is -0.493 e. The molecule has 0 bridgehead atoms. The number of unbranched alkanes of at least 4 members (excludes halogenated alkanes) is 9. The molecule has 32 heavy (non-hydrogen) atoms. The lowest BCUT2D eigenvalue weighted by Gasteiger charge is -2.09. The molecule has 0 atom stereocenters. The largest absolute Gasteiger partial charge is 0.493 e. The third-order valence-corrected chi connectivity index (χ3v) is 5.30. The van der Waals surface area contributed by atoms with E-state index in [0.717, 1.165) is 12.8 Å². The van der Waals surface area contributed by atoms with Gasteiger partial charge in [0.15, 0.2) is 0 Å². The predicted molar refractivity (Wildman–Crippen MR) is 127 cm³/mol. The van der Waals surface area contributed by atoms with E-state index in [1.54, 1.807) is 42.5 Å². The van der Waals surface area contributed by atoms with Crippen LogP contribution < -0.4 is 14.2 Å². The molecule has 0 saturated heterocycles. The highest BCUT2D eigenvalue weighted by molar-refractivity contribution is 6.34. The van der Waals surface area contributed by atoms with Crippen molar-refractivity contribution in [2.45, 2.75) is 71.1 Å². The Morgan fingerprint density at radius 2 is 1.31 bits per heavy atom. The molecule has 0 saturated carbocycles. The molecule has 0 aliphatic rings. The Kier molecular flexibility index (Phi) is 12.3. The van der Waals surface area contributed by atoms with Crippen LogP contribution in [0.2, 0.25) is 5.02 Å². The Hall–Kier alpha value is -2.53. The fourth-order valence-corrected chi connectivity index (χ4v) is 3.40. The first-order valence-electron chi connectivity index (χ1n) is 11.5. The van der Waals surface area contributed by atoms with E-state index in [9.17, 15) is 9.59 Å². The molecular formula is C26H33ClO5. The normalized spacial score (nSPS) is 10.6. The van der Waals surface area contributed by atoms with Crippen LogP contribution in [0.15, 0.2) is 48.5 Å². The van der Waals surface area contributed by atoms with Crippen molar-refractivity contribution >= 4 is 23.5 Å². The Morgan fingerprint density at radius 3 is 2.00 bits per heavy atom. The van der Waals surface area contributed by atoms with E-state index in [0.29, 0.717) is 12.4 Å². The van der Waals surface area contributed by atoms with E-state index in [2.05, 4.69) is 6.92 Å². The summed E-state index contributed by atoms with van der Waals surface area (Å²) in [6, 6.07) is 13.0. The van der Waals surface area contributed by atoms with Crippen molar-refractivity contribution in [2.75, 3.05) is 6.61 Å². The molecule has 0 fully saturated rings. The monoisotopic (exact) mass is 460 g/mol. The van der Waals surface area contributed by atoms with Crippen molar-refractivity contribution in [1.82, 2.24) is 0 Å². The summed E-state index contributed by atoms with van der Waals surface area (Å²) in [4.78, 5) is 24.0. The summed E-state index contributed by atoms with van der Waals surface area (Å²) in [5, 5.41) is 0.232. The summed E-state index contributed by atoms with van der Waals surface area (Å²) in [7, 11) is 0. The fourth-order valence-electron chi connectivity index (χ4n) is 3.22. The molecule has 2 rings (SSSR count). The maximum Gasteiger partial charge on any atom is 0.423 e. The highest BCUT2D eigenvalue weighted by atomic mass is 35.5. The number of carbonyl (C=O) groups excluding carboxylic acids is 2. The smallest absolute Gasteiger partial charge is 0.423 e. The van der Waals surface area contributed by atoms with Gasteiger partial charge in [-0.2, -0.15) is 0 Å². The van der Waals surface area contributed by atoms with Gasteiger partial charge in [-0.25, -0.2) is 9.59 Å². The summed E-state index contributed by atoms with van der Waals surface area (Å²) in [6.45, 7) is 2.84. The second kappa shape index (κ2) is 15.3. The van der Waals surface area contributed by atoms with Gasteiger partial charge in [-0.15, -0.1) is 0 Å². The maximum atomic E-state index is 12.0. The Morgan fingerprint density at radius 1 is 0.719 bits per heavy atom. The average molecular weight is 461 g/mol. The molecule has 0 aliphatic carbocycles. The van der Waals surface area contributed by atoms with Gasteiger partial charge in [0.05, 0.1) is 11.6 Å². The van der Waals surface area contributed by atoms with Gasteiger partial charge in [-0.3, -0.25) is 0 Å². The second-order valence-corrected chi connectivity index (χ2v) is 8.12. The van der Waals surface area contributed by atoms with Crippen molar-refractivity contribution < 1.29 is 23.8 Å². The first-order valence-corrected chi connectivity index (χ1v) is 11.9. The highest BCUT2D eigenvalue weighted by Crippen LogP contribution is 2.24. The summed E-state index contributed by atoms with van der Waals surface area (Å²) >= 11 is 5.93. The lowest BCUT2D eigenvalue weighted by Crippen LogP contribution is -2.25. The molecule has 0 unspecified atom stereocenters. The molecule has 174 valence electrons. The predicted octanol–water partition coefficient (Wildman–Crippen LogP) is 7.15. The fraction of sp³-hybridized carbons (Fsp3) is 0.462. The van der Waals surface area contributed by atoms with Gasteiger partial charge in [0.1, 0.15) is 17.2 Å². The molecule has 0 spiro atoms. The first kappa shape index (κ1) is 25.7. The zero-order valence-electron chi connectivity index (χ0n) is 18.8. The van der Waals surface area contributed by atoms with Gasteiger partial charge in [-0.1, -0.05) is 94.5 Å². The Bertz CT molecular complexity index is 836. The number of carbonyl (C=O) groups is 2. The molecule has 0 aliphatic heterocycles. The molecule has 0 heterocycles. The van der Waals surface area contributed by atoms with Crippen LogP contribution in [0.3, 0.4) is 0 Å². The highest BCUT2D eigenvalue weighted by Gasteiger charge is 2.20. The number of rotatable bonds is 14. The van der Waals surface area contributed by atoms with Crippen LogP contribution in [0, 0.1) is 0 Å². The van der Waals surface area contributed by atoms with Crippen molar-refractivity contribution in [1.29, 1.82) is 0 Å². The van der Waals surface area contributed by atoms with Gasteiger partial charge < -0.3 is 14.2 Å². The molecule has 2 aromatic carbocycles. The summed E-state index contributed by atoms with van der Waals surface area (Å²) in [5.74, 6) is -1.37. The lowest BCUT2D eigenvalue weighted by atomic mass is 10.1. The average Bonchev–Trinajstić information content (AvgIpc) is 2.79. The van der Waals surface area contributed by atoms with Crippen LogP contribution in [-0.2, 0) is 9.59 Å². The van der Waals surface area contributed by atoms with Gasteiger partial charge in [0, 0.05) is 6.07 Å². The third kappa shape index (κ3) is 10.2. The molecule has 0 amide bonds. The van der Waals surface area contributed by atoms with E-state index in [1.807, 2.05) is 0 Å². The minimum absolute atomic E-state index is 0.102. The van der Waals surface area contributed by atoms with E-state index in [-0.39, 0.29) is 16.5 Å². The molecule has 0 aromatic heterocycles. The summed E-state index contributed by atoms with van der Waals surface area (Å²) in [5.41, 5.74) is 0. The van der Waals surface area contributed by atoms with Crippen LogP contribution >= 0.6 is 11.6 Å². The standard InChI is InChI=1S/C26H33ClO5/c1-2-3-4-5-6-7-8-9-10-13-19-30-21-15-14-16-22(20-21)31-25(28)26(29)32-24-18-12-11-17-23(24)27/h11-12,14-18,20H,2-10,13,19H2,1H3. The van der Waals surface area contributed by atoms with Gasteiger partial charge in [0.25, 0.3) is 0 Å². The van der Waals surface area contributed by atoms with Gasteiger partial charge >= 0.3 is 11.9 Å². The van der Waals surface area contributed by atoms with Crippen LogP contribution in [0.5, 0.6) is 17.2 Å². The Labute approximate surface area is 196 Å². The number of hydrogen-bond acceptors (Lipinski definition) is 5. The number of ether oxygens (including phenoxy) is 3. The molecule has 2 aromatic rings. The van der Waals surface area contributed by atoms with Crippen molar-refractivity contribution in [2.24, 2.45) is 0 Å². The topological polar surface area (TPSA) is 61.8 Å². The Balaban J connectivity index is 1.64. The SMILES string of the molecule is CCCCCCCCCCCCOc1cccc(OC(=O)C(=O)Oc2ccccc2Cl)c1. The molecule has 6 heteroatoms. The minimum atomic E-state index is -1.14. The van der Waals surface area contributed by atoms with E-state index in [1.165, 1.54) is 57.4 Å². The van der Waals surface area contributed by atoms with Crippen LogP contribution in [0.1, 0.15) is 71.1 Å². The maximum absolute atomic E-state index is 12.0. The zero-order chi connectivity index (χ0) is 23.0. The van der Waals surface area contributed by atoms with Crippen molar-refractivity contribution in [3.8, 4) is 17.2 Å². The molecule has 5 nitrogen and oxygen atoms in total. The zero-order valence-corrected chi connectivity index (χ0v) is 19.6. The summed E-state index contributed by atoms with van der Waals surface area (Å²) < 4.78 is 15.8. The third-order valence-electron chi connectivity index (χ3n) is 4.99. The number of benzene rings is 2. The van der Waals surface area contributed by atoms with E-state index in [4.69, 9.17) is 25.8 Å². The van der Waals surface area contributed by atoms with E-state index < -0.39 is 11.9 Å². The van der Waals surface area contributed by atoms with Crippen molar-refractivity contribution in [3.63, 3.8) is 0 Å². The molecular weight excluding hydrogens is 428 g/mol. The second-order valence-electron chi connectivity index (χ2n) is 7.71. The summed E-state index contributed by atoms with van der Waals surface area (Å²) in [6.07, 6.45) is 12.6.